The summed E-state index contributed by atoms with van der Waals surface area (Å²) in [6, 6.07) is 2.12. The molecule has 74 valence electrons. The Morgan fingerprint density at radius 1 is 1.31 bits per heavy atom. The summed E-state index contributed by atoms with van der Waals surface area (Å²) in [4.78, 5) is 0. The van der Waals surface area contributed by atoms with E-state index in [-0.39, 0.29) is 5.41 Å². The normalized spacial score (nSPS) is 12.1. The summed E-state index contributed by atoms with van der Waals surface area (Å²) in [5, 5.41) is 0. The van der Waals surface area contributed by atoms with Crippen LogP contribution in [0.25, 0.3) is 0 Å². The van der Waals surface area contributed by atoms with Crippen LogP contribution < -0.4 is 0 Å². The standard InChI is InChI=1S/C12H20O/c1-6-7-12(4,5)11-9(2)8-10(3)13-11/h8H,6-7H2,1-5H3. The third-order valence-corrected chi connectivity index (χ3v) is 2.53. The Morgan fingerprint density at radius 2 is 1.92 bits per heavy atom. The van der Waals surface area contributed by atoms with Crippen LogP contribution in [0.3, 0.4) is 0 Å². The van der Waals surface area contributed by atoms with Crippen molar-refractivity contribution in [1.29, 1.82) is 0 Å². The number of aryl methyl sites for hydroxylation is 2. The van der Waals surface area contributed by atoms with Gasteiger partial charge in [0, 0.05) is 5.41 Å². The van der Waals surface area contributed by atoms with Gasteiger partial charge in [0.25, 0.3) is 0 Å². The lowest BCUT2D eigenvalue weighted by Gasteiger charge is -2.22. The van der Waals surface area contributed by atoms with Crippen molar-refractivity contribution < 1.29 is 4.42 Å². The molecule has 0 saturated heterocycles. The van der Waals surface area contributed by atoms with Gasteiger partial charge < -0.3 is 4.42 Å². The van der Waals surface area contributed by atoms with Gasteiger partial charge in [0.15, 0.2) is 0 Å². The summed E-state index contributed by atoms with van der Waals surface area (Å²) >= 11 is 0. The van der Waals surface area contributed by atoms with E-state index in [0.717, 1.165) is 11.5 Å². The Morgan fingerprint density at radius 3 is 2.31 bits per heavy atom. The molecule has 1 aromatic rings. The lowest BCUT2D eigenvalue weighted by Crippen LogP contribution is -2.16. The minimum atomic E-state index is 0.188. The van der Waals surface area contributed by atoms with Crippen molar-refractivity contribution in [2.24, 2.45) is 0 Å². The minimum absolute atomic E-state index is 0.188. The molecule has 0 amide bonds. The molecule has 0 fully saturated rings. The van der Waals surface area contributed by atoms with Crippen molar-refractivity contribution in [2.75, 3.05) is 0 Å². The van der Waals surface area contributed by atoms with E-state index < -0.39 is 0 Å². The molecule has 1 nitrogen and oxygen atoms in total. The second kappa shape index (κ2) is 3.57. The van der Waals surface area contributed by atoms with Gasteiger partial charge in [-0.25, -0.2) is 0 Å². The summed E-state index contributed by atoms with van der Waals surface area (Å²) in [5.41, 5.74) is 1.48. The van der Waals surface area contributed by atoms with Crippen molar-refractivity contribution in [3.63, 3.8) is 0 Å². The summed E-state index contributed by atoms with van der Waals surface area (Å²) < 4.78 is 5.73. The zero-order valence-corrected chi connectivity index (χ0v) is 9.40. The van der Waals surface area contributed by atoms with E-state index in [9.17, 15) is 0 Å². The van der Waals surface area contributed by atoms with E-state index in [4.69, 9.17) is 4.42 Å². The van der Waals surface area contributed by atoms with Crippen LogP contribution in [-0.4, -0.2) is 0 Å². The Balaban J connectivity index is 2.98. The van der Waals surface area contributed by atoms with Crippen LogP contribution in [0.4, 0.5) is 0 Å². The van der Waals surface area contributed by atoms with Gasteiger partial charge in [-0.05, 0) is 31.9 Å². The molecule has 0 aromatic carbocycles. The van der Waals surface area contributed by atoms with Crippen LogP contribution in [0.2, 0.25) is 0 Å². The summed E-state index contributed by atoms with van der Waals surface area (Å²) in [6.45, 7) is 10.9. The van der Waals surface area contributed by atoms with Gasteiger partial charge in [0.05, 0.1) is 0 Å². The third-order valence-electron chi connectivity index (χ3n) is 2.53. The maximum Gasteiger partial charge on any atom is 0.112 e. The van der Waals surface area contributed by atoms with E-state index in [1.807, 2.05) is 6.92 Å². The quantitative estimate of drug-likeness (QED) is 0.686. The molecule has 0 N–H and O–H groups in total. The molecule has 0 aliphatic heterocycles. The highest BCUT2D eigenvalue weighted by Gasteiger charge is 2.25. The monoisotopic (exact) mass is 180 g/mol. The molecule has 13 heavy (non-hydrogen) atoms. The maximum atomic E-state index is 5.73. The Labute approximate surface area is 81.1 Å². The molecule has 0 spiro atoms. The molecule has 1 rings (SSSR count). The fourth-order valence-corrected chi connectivity index (χ4v) is 2.05. The van der Waals surface area contributed by atoms with Crippen molar-refractivity contribution in [2.45, 2.75) is 52.9 Å². The fourth-order valence-electron chi connectivity index (χ4n) is 2.05. The fraction of sp³-hybridized carbons (Fsp3) is 0.667. The number of rotatable bonds is 3. The molecule has 0 radical (unpaired) electrons. The van der Waals surface area contributed by atoms with E-state index in [1.54, 1.807) is 0 Å². The molecule has 0 unspecified atom stereocenters. The first kappa shape index (κ1) is 10.4. The van der Waals surface area contributed by atoms with E-state index in [0.29, 0.717) is 0 Å². The van der Waals surface area contributed by atoms with Gasteiger partial charge in [0.1, 0.15) is 11.5 Å². The molecule has 0 aliphatic rings. The van der Waals surface area contributed by atoms with E-state index in [2.05, 4.69) is 33.8 Å². The van der Waals surface area contributed by atoms with Gasteiger partial charge in [-0.1, -0.05) is 27.2 Å². The van der Waals surface area contributed by atoms with Gasteiger partial charge in [-0.2, -0.15) is 0 Å². The molecule has 0 bridgehead atoms. The number of hydrogen-bond donors (Lipinski definition) is 0. The zero-order chi connectivity index (χ0) is 10.1. The third kappa shape index (κ3) is 2.15. The first-order chi connectivity index (χ1) is 5.97. The van der Waals surface area contributed by atoms with E-state index >= 15 is 0 Å². The van der Waals surface area contributed by atoms with E-state index in [1.165, 1.54) is 18.4 Å². The largest absolute Gasteiger partial charge is 0.466 e. The molecular weight excluding hydrogens is 160 g/mol. The Hall–Kier alpha value is -0.720. The topological polar surface area (TPSA) is 13.1 Å². The highest BCUT2D eigenvalue weighted by atomic mass is 16.3. The van der Waals surface area contributed by atoms with Crippen LogP contribution in [0.1, 0.15) is 50.7 Å². The van der Waals surface area contributed by atoms with Crippen LogP contribution in [-0.2, 0) is 5.41 Å². The first-order valence-corrected chi connectivity index (χ1v) is 5.05. The van der Waals surface area contributed by atoms with Crippen LogP contribution in [0.15, 0.2) is 10.5 Å². The van der Waals surface area contributed by atoms with Crippen molar-refractivity contribution in [3.8, 4) is 0 Å². The molecule has 1 heteroatoms. The Bertz CT molecular complexity index is 281. The predicted octanol–water partition coefficient (Wildman–Crippen LogP) is 3.97. The molecular formula is C12H20O. The summed E-state index contributed by atoms with van der Waals surface area (Å²) in [7, 11) is 0. The maximum absolute atomic E-state index is 5.73. The van der Waals surface area contributed by atoms with Crippen molar-refractivity contribution in [1.82, 2.24) is 0 Å². The van der Waals surface area contributed by atoms with Crippen molar-refractivity contribution >= 4 is 0 Å². The second-order valence-corrected chi connectivity index (χ2v) is 4.50. The number of hydrogen-bond acceptors (Lipinski definition) is 1. The lowest BCUT2D eigenvalue weighted by atomic mass is 9.84. The van der Waals surface area contributed by atoms with Crippen LogP contribution in [0, 0.1) is 13.8 Å². The van der Waals surface area contributed by atoms with Gasteiger partial charge in [-0.3, -0.25) is 0 Å². The van der Waals surface area contributed by atoms with Crippen LogP contribution >= 0.6 is 0 Å². The molecule has 0 saturated carbocycles. The number of furan rings is 1. The molecule has 0 atom stereocenters. The molecule has 0 aliphatic carbocycles. The smallest absolute Gasteiger partial charge is 0.112 e. The van der Waals surface area contributed by atoms with Crippen LogP contribution in [0.5, 0.6) is 0 Å². The van der Waals surface area contributed by atoms with Gasteiger partial charge >= 0.3 is 0 Å². The highest BCUT2D eigenvalue weighted by molar-refractivity contribution is 5.25. The summed E-state index contributed by atoms with van der Waals surface area (Å²) in [6.07, 6.45) is 2.38. The average molecular weight is 180 g/mol. The highest BCUT2D eigenvalue weighted by Crippen LogP contribution is 2.32. The summed E-state index contributed by atoms with van der Waals surface area (Å²) in [5.74, 6) is 2.18. The first-order valence-electron chi connectivity index (χ1n) is 5.05. The molecule has 1 heterocycles. The zero-order valence-electron chi connectivity index (χ0n) is 9.40. The lowest BCUT2D eigenvalue weighted by molar-refractivity contribution is 0.350. The minimum Gasteiger partial charge on any atom is -0.466 e. The predicted molar refractivity (Wildman–Crippen MR) is 56.1 cm³/mol. The SMILES string of the molecule is CCCC(C)(C)c1oc(C)cc1C. The Kier molecular flexibility index (Phi) is 2.84. The molecule has 1 aromatic heterocycles. The van der Waals surface area contributed by atoms with Gasteiger partial charge in [0.2, 0.25) is 0 Å². The average Bonchev–Trinajstić information content (AvgIpc) is 2.30. The van der Waals surface area contributed by atoms with Gasteiger partial charge in [-0.15, -0.1) is 0 Å². The second-order valence-electron chi connectivity index (χ2n) is 4.50. The van der Waals surface area contributed by atoms with Crippen molar-refractivity contribution in [3.05, 3.63) is 23.2 Å².